The van der Waals surface area contributed by atoms with Crippen LogP contribution < -0.4 is 15.8 Å². The predicted octanol–water partition coefficient (Wildman–Crippen LogP) is 2.61. The number of halogens is 3. The van der Waals surface area contributed by atoms with Crippen LogP contribution in [0.25, 0.3) is 11.0 Å². The normalized spacial score (nSPS) is 16.7. The van der Waals surface area contributed by atoms with Crippen LogP contribution in [0.4, 0.5) is 18.9 Å². The lowest BCUT2D eigenvalue weighted by Crippen LogP contribution is -2.52. The summed E-state index contributed by atoms with van der Waals surface area (Å²) in [6, 6.07) is 7.19. The SMILES string of the molecule is CNC(=O)c1ccc(N2CCN(Cc3cnc4c(C)c(C(F)(F)F)c(=O)[nH]c4c3)C(CC#N)C2)cn1. The molecule has 1 fully saturated rings. The highest BCUT2D eigenvalue weighted by Gasteiger charge is 2.37. The lowest BCUT2D eigenvalue weighted by molar-refractivity contribution is -0.139. The topological polar surface area (TPSA) is 118 Å². The van der Waals surface area contributed by atoms with Gasteiger partial charge in [-0.25, -0.2) is 4.98 Å². The van der Waals surface area contributed by atoms with Crippen molar-refractivity contribution in [3.63, 3.8) is 0 Å². The zero-order valence-electron chi connectivity index (χ0n) is 19.7. The molecule has 0 saturated carbocycles. The fourth-order valence-electron chi connectivity index (χ4n) is 4.51. The maximum absolute atomic E-state index is 13.3. The predicted molar refractivity (Wildman–Crippen MR) is 126 cm³/mol. The van der Waals surface area contributed by atoms with Gasteiger partial charge in [-0.15, -0.1) is 0 Å². The van der Waals surface area contributed by atoms with E-state index in [0.717, 1.165) is 5.69 Å². The summed E-state index contributed by atoms with van der Waals surface area (Å²) in [5, 5.41) is 11.9. The number of nitrogens with zero attached hydrogens (tertiary/aromatic N) is 5. The zero-order chi connectivity index (χ0) is 26.0. The molecular formula is C24H24F3N7O2. The number of aryl methyl sites for hydroxylation is 1. The van der Waals surface area contributed by atoms with Crippen molar-refractivity contribution in [1.82, 2.24) is 25.2 Å². The van der Waals surface area contributed by atoms with Crippen LogP contribution in [0, 0.1) is 18.3 Å². The Morgan fingerprint density at radius 2 is 2.06 bits per heavy atom. The zero-order valence-corrected chi connectivity index (χ0v) is 19.7. The molecule has 1 unspecified atom stereocenters. The van der Waals surface area contributed by atoms with Crippen LogP contribution in [0.1, 0.15) is 33.6 Å². The third kappa shape index (κ3) is 5.01. The smallest absolute Gasteiger partial charge is 0.367 e. The highest BCUT2D eigenvalue weighted by atomic mass is 19.4. The average Bonchev–Trinajstić information content (AvgIpc) is 2.84. The molecule has 3 aromatic rings. The standard InChI is InChI=1S/C24H24F3N7O2/c1-14-20(24(25,26)27)23(36)32-19-9-15(10-31-21(14)19)12-33-7-8-34(13-17(33)5-6-28)16-3-4-18(30-11-16)22(35)29-2/h3-4,9-11,17H,5,7-8,12-13H2,1-2H3,(H,29,35)(H,32,36). The molecule has 0 radical (unpaired) electrons. The third-order valence-corrected chi connectivity index (χ3v) is 6.32. The largest absolute Gasteiger partial charge is 0.422 e. The van der Waals surface area contributed by atoms with Gasteiger partial charge in [0.15, 0.2) is 0 Å². The fraction of sp³-hybridized carbons (Fsp3) is 0.375. The number of anilines is 1. The van der Waals surface area contributed by atoms with Gasteiger partial charge in [0, 0.05) is 45.5 Å². The van der Waals surface area contributed by atoms with Gasteiger partial charge in [-0.1, -0.05) is 0 Å². The van der Waals surface area contributed by atoms with Gasteiger partial charge in [-0.3, -0.25) is 19.5 Å². The van der Waals surface area contributed by atoms with Crippen LogP contribution in [0.5, 0.6) is 0 Å². The number of carbonyl (C=O) groups excluding carboxylic acids is 1. The first-order valence-electron chi connectivity index (χ1n) is 11.2. The van der Waals surface area contributed by atoms with E-state index in [-0.39, 0.29) is 35.0 Å². The number of piperazine rings is 1. The molecule has 1 aliphatic heterocycles. The molecular weight excluding hydrogens is 475 g/mol. The Kier molecular flexibility index (Phi) is 6.94. The van der Waals surface area contributed by atoms with Gasteiger partial charge in [0.25, 0.3) is 11.5 Å². The lowest BCUT2D eigenvalue weighted by Gasteiger charge is -2.41. The van der Waals surface area contributed by atoms with Crippen molar-refractivity contribution in [2.45, 2.75) is 32.1 Å². The molecule has 36 heavy (non-hydrogen) atoms. The Morgan fingerprint density at radius 3 is 2.69 bits per heavy atom. The first-order valence-corrected chi connectivity index (χ1v) is 11.2. The third-order valence-electron chi connectivity index (χ3n) is 6.32. The first-order chi connectivity index (χ1) is 17.1. The number of fused-ring (bicyclic) bond motifs is 1. The van der Waals surface area contributed by atoms with E-state index >= 15 is 0 Å². The molecule has 9 nitrogen and oxygen atoms in total. The van der Waals surface area contributed by atoms with Crippen molar-refractivity contribution < 1.29 is 18.0 Å². The summed E-state index contributed by atoms with van der Waals surface area (Å²) in [6.07, 6.45) is -1.36. The number of amides is 1. The number of hydrogen-bond donors (Lipinski definition) is 2. The van der Waals surface area contributed by atoms with Crippen LogP contribution in [0.3, 0.4) is 0 Å². The van der Waals surface area contributed by atoms with Gasteiger partial charge in [-0.05, 0) is 36.2 Å². The summed E-state index contributed by atoms with van der Waals surface area (Å²) in [5.74, 6) is -0.274. The van der Waals surface area contributed by atoms with E-state index in [0.29, 0.717) is 37.4 Å². The molecule has 1 aliphatic rings. The van der Waals surface area contributed by atoms with Crippen molar-refractivity contribution in [1.29, 1.82) is 5.26 Å². The minimum Gasteiger partial charge on any atom is -0.367 e. The summed E-state index contributed by atoms with van der Waals surface area (Å²) >= 11 is 0. The molecule has 0 spiro atoms. The van der Waals surface area contributed by atoms with E-state index in [9.17, 15) is 28.0 Å². The highest BCUT2D eigenvalue weighted by Crippen LogP contribution is 2.31. The van der Waals surface area contributed by atoms with E-state index in [2.05, 4.69) is 36.1 Å². The molecule has 3 aromatic heterocycles. The fourth-order valence-corrected chi connectivity index (χ4v) is 4.51. The number of nitrogens with one attached hydrogen (secondary N) is 2. The number of pyridine rings is 3. The summed E-state index contributed by atoms with van der Waals surface area (Å²) in [7, 11) is 1.53. The Labute approximate surface area is 204 Å². The van der Waals surface area contributed by atoms with Crippen LogP contribution in [-0.2, 0) is 12.7 Å². The minimum atomic E-state index is -4.77. The lowest BCUT2D eigenvalue weighted by atomic mass is 10.1. The Morgan fingerprint density at radius 1 is 1.28 bits per heavy atom. The van der Waals surface area contributed by atoms with Gasteiger partial charge in [0.1, 0.15) is 11.3 Å². The van der Waals surface area contributed by atoms with Crippen LogP contribution in [0.15, 0.2) is 35.4 Å². The molecule has 188 valence electrons. The summed E-state index contributed by atoms with van der Waals surface area (Å²) in [6.45, 7) is 3.48. The van der Waals surface area contributed by atoms with Gasteiger partial charge in [-0.2, -0.15) is 18.4 Å². The molecule has 1 saturated heterocycles. The second-order valence-electron chi connectivity index (χ2n) is 8.60. The number of aromatic nitrogens is 3. The number of aromatic amines is 1. The number of alkyl halides is 3. The molecule has 4 rings (SSSR count). The average molecular weight is 499 g/mol. The number of rotatable bonds is 5. The van der Waals surface area contributed by atoms with Crippen molar-refractivity contribution in [2.24, 2.45) is 0 Å². The summed E-state index contributed by atoms with van der Waals surface area (Å²) in [5.41, 5.74) is -0.446. The highest BCUT2D eigenvalue weighted by molar-refractivity contribution is 5.92. The minimum absolute atomic E-state index is 0.0942. The van der Waals surface area contributed by atoms with Crippen LogP contribution in [-0.4, -0.2) is 58.5 Å². The van der Waals surface area contributed by atoms with Crippen molar-refractivity contribution >= 4 is 22.6 Å². The van der Waals surface area contributed by atoms with Gasteiger partial charge < -0.3 is 15.2 Å². The number of H-pyrrole nitrogens is 1. The monoisotopic (exact) mass is 499 g/mol. The molecule has 4 heterocycles. The Balaban J connectivity index is 1.53. The molecule has 0 aliphatic carbocycles. The molecule has 12 heteroatoms. The number of nitriles is 1. The maximum Gasteiger partial charge on any atom is 0.422 e. The van der Waals surface area contributed by atoms with Crippen LogP contribution in [0.2, 0.25) is 0 Å². The number of carbonyl (C=O) groups is 1. The maximum atomic E-state index is 13.3. The van der Waals surface area contributed by atoms with E-state index < -0.39 is 17.3 Å². The Hall–Kier alpha value is -3.98. The van der Waals surface area contributed by atoms with Gasteiger partial charge >= 0.3 is 6.18 Å². The van der Waals surface area contributed by atoms with E-state index in [1.807, 2.05) is 6.07 Å². The van der Waals surface area contributed by atoms with Gasteiger partial charge in [0.2, 0.25) is 0 Å². The quantitative estimate of drug-likeness (QED) is 0.554. The van der Waals surface area contributed by atoms with E-state index in [4.69, 9.17) is 0 Å². The van der Waals surface area contributed by atoms with Gasteiger partial charge in [0.05, 0.1) is 35.4 Å². The molecule has 1 atom stereocenters. The Bertz CT molecular complexity index is 1380. The van der Waals surface area contributed by atoms with Crippen LogP contribution >= 0.6 is 0 Å². The molecule has 0 aromatic carbocycles. The van der Waals surface area contributed by atoms with E-state index in [1.165, 1.54) is 20.2 Å². The second kappa shape index (κ2) is 9.94. The molecule has 2 N–H and O–H groups in total. The summed E-state index contributed by atoms with van der Waals surface area (Å²) < 4.78 is 39.8. The molecule has 0 bridgehead atoms. The first kappa shape index (κ1) is 25.1. The summed E-state index contributed by atoms with van der Waals surface area (Å²) in [4.78, 5) is 38.8. The van der Waals surface area contributed by atoms with Crippen molar-refractivity contribution in [3.05, 3.63) is 63.3 Å². The number of hydrogen-bond acceptors (Lipinski definition) is 7. The van der Waals surface area contributed by atoms with E-state index in [1.54, 1.807) is 18.3 Å². The second-order valence-corrected chi connectivity index (χ2v) is 8.60. The van der Waals surface area contributed by atoms with Crippen molar-refractivity contribution in [2.75, 3.05) is 31.6 Å². The molecule has 1 amide bonds. The van der Waals surface area contributed by atoms with Crippen molar-refractivity contribution in [3.8, 4) is 6.07 Å².